The maximum atomic E-state index is 13.5. The van der Waals surface area contributed by atoms with Gasteiger partial charge in [-0.05, 0) is 43.3 Å². The van der Waals surface area contributed by atoms with Crippen LogP contribution in [0, 0.1) is 6.92 Å². The van der Waals surface area contributed by atoms with Crippen LogP contribution < -0.4 is 14.4 Å². The highest BCUT2D eigenvalue weighted by Crippen LogP contribution is 2.38. The zero-order valence-corrected chi connectivity index (χ0v) is 18.4. The van der Waals surface area contributed by atoms with Crippen molar-refractivity contribution < 1.29 is 19.1 Å². The summed E-state index contributed by atoms with van der Waals surface area (Å²) in [5.41, 5.74) is 2.95. The molecule has 0 fully saturated rings. The van der Waals surface area contributed by atoms with Crippen LogP contribution in [0.1, 0.15) is 26.4 Å². The molecule has 2 aromatic carbocycles. The predicted molar refractivity (Wildman–Crippen MR) is 120 cm³/mol. The molecule has 158 valence electrons. The second kappa shape index (κ2) is 6.89. The summed E-state index contributed by atoms with van der Waals surface area (Å²) < 4.78 is 13.8. The number of aryl methyl sites for hydroxylation is 1. The number of hydrogen-bond donors (Lipinski definition) is 0. The molecule has 2 aliphatic rings. The van der Waals surface area contributed by atoms with Gasteiger partial charge >= 0.3 is 0 Å². The van der Waals surface area contributed by atoms with Crippen LogP contribution in [0.5, 0.6) is 11.5 Å². The number of fused-ring (bicyclic) bond motifs is 4. The van der Waals surface area contributed by atoms with Crippen LogP contribution in [0.2, 0.25) is 0 Å². The first-order valence-corrected chi connectivity index (χ1v) is 10.7. The molecule has 8 nitrogen and oxygen atoms in total. The van der Waals surface area contributed by atoms with Gasteiger partial charge in [-0.2, -0.15) is 5.10 Å². The molecule has 0 unspecified atom stereocenters. The maximum absolute atomic E-state index is 13.5. The number of pyridine rings is 1. The summed E-state index contributed by atoms with van der Waals surface area (Å²) in [6.45, 7) is 2.69. The van der Waals surface area contributed by atoms with Gasteiger partial charge in [0, 0.05) is 16.7 Å². The molecule has 0 spiro atoms. The third kappa shape index (κ3) is 2.67. The van der Waals surface area contributed by atoms with E-state index in [0.717, 1.165) is 15.1 Å². The fourth-order valence-electron chi connectivity index (χ4n) is 4.13. The number of hydrogen-bond acceptors (Lipinski definition) is 6. The largest absolute Gasteiger partial charge is 0.486 e. The molecule has 0 radical (unpaired) electrons. The molecular weight excluding hydrogens is 476 g/mol. The first-order valence-electron chi connectivity index (χ1n) is 9.95. The smallest absolute Gasteiger partial charge is 0.267 e. The van der Waals surface area contributed by atoms with Crippen LogP contribution in [-0.2, 0) is 0 Å². The van der Waals surface area contributed by atoms with E-state index in [1.807, 2.05) is 31.2 Å². The number of benzene rings is 2. The van der Waals surface area contributed by atoms with Crippen molar-refractivity contribution in [2.45, 2.75) is 6.92 Å². The van der Waals surface area contributed by atoms with Gasteiger partial charge in [0.15, 0.2) is 17.1 Å². The third-order valence-corrected chi connectivity index (χ3v) is 6.11. The number of aromatic nitrogens is 3. The number of imide groups is 1. The fourth-order valence-corrected chi connectivity index (χ4v) is 4.39. The van der Waals surface area contributed by atoms with Gasteiger partial charge in [0.1, 0.15) is 13.2 Å². The minimum atomic E-state index is -0.424. The summed E-state index contributed by atoms with van der Waals surface area (Å²) in [6.07, 6.45) is 1.45. The van der Waals surface area contributed by atoms with Crippen molar-refractivity contribution in [3.63, 3.8) is 0 Å². The van der Waals surface area contributed by atoms with Crippen molar-refractivity contribution >= 4 is 44.5 Å². The molecule has 2 aliphatic heterocycles. The van der Waals surface area contributed by atoms with Gasteiger partial charge in [-0.3, -0.25) is 9.59 Å². The normalized spacial score (nSPS) is 14.9. The Bertz CT molecular complexity index is 1440. The highest BCUT2D eigenvalue weighted by atomic mass is 79.9. The van der Waals surface area contributed by atoms with Crippen LogP contribution in [0.15, 0.2) is 53.1 Å². The number of rotatable bonds is 2. The Morgan fingerprint density at radius 2 is 1.66 bits per heavy atom. The van der Waals surface area contributed by atoms with E-state index in [1.165, 1.54) is 6.20 Å². The summed E-state index contributed by atoms with van der Waals surface area (Å²) in [5, 5.41) is 5.18. The standard InChI is InChI=1S/C23H15BrN4O4/c1-12-19-20-16(11-25-21(19)28(26-12)14-4-2-13(24)3-5-14)22(29)27(23(20)30)15-6-7-17-18(10-15)32-9-8-31-17/h2-7,10-11H,8-9H2,1H3. The zero-order valence-electron chi connectivity index (χ0n) is 16.8. The highest BCUT2D eigenvalue weighted by Gasteiger charge is 2.40. The molecular formula is C23H15BrN4O4. The Labute approximate surface area is 190 Å². The molecule has 32 heavy (non-hydrogen) atoms. The first kappa shape index (κ1) is 19.0. The molecule has 0 N–H and O–H groups in total. The van der Waals surface area contributed by atoms with Crippen LogP contribution in [0.25, 0.3) is 16.7 Å². The Hall–Kier alpha value is -3.72. The average Bonchev–Trinajstić information content (AvgIpc) is 3.27. The predicted octanol–water partition coefficient (Wildman–Crippen LogP) is 4.06. The highest BCUT2D eigenvalue weighted by molar-refractivity contribution is 9.10. The number of nitrogens with zero attached hydrogens (tertiary/aromatic N) is 4. The van der Waals surface area contributed by atoms with Gasteiger partial charge in [0.25, 0.3) is 11.8 Å². The summed E-state index contributed by atoms with van der Waals surface area (Å²) in [5.74, 6) is 0.263. The van der Waals surface area contributed by atoms with E-state index in [0.29, 0.717) is 52.7 Å². The fraction of sp³-hybridized carbons (Fsp3) is 0.130. The average molecular weight is 491 g/mol. The van der Waals surface area contributed by atoms with Gasteiger partial charge in [-0.1, -0.05) is 15.9 Å². The second-order valence-electron chi connectivity index (χ2n) is 7.49. The van der Waals surface area contributed by atoms with Crippen molar-refractivity contribution in [3.05, 3.63) is 70.0 Å². The maximum Gasteiger partial charge on any atom is 0.267 e. The molecule has 9 heteroatoms. The Morgan fingerprint density at radius 1 is 0.938 bits per heavy atom. The molecule has 0 bridgehead atoms. The Morgan fingerprint density at radius 3 is 2.44 bits per heavy atom. The van der Waals surface area contributed by atoms with E-state index in [1.54, 1.807) is 22.9 Å². The number of amides is 2. The lowest BCUT2D eigenvalue weighted by molar-refractivity contribution is 0.0926. The van der Waals surface area contributed by atoms with Crippen molar-refractivity contribution in [2.24, 2.45) is 0 Å². The summed E-state index contributed by atoms with van der Waals surface area (Å²) >= 11 is 3.43. The monoisotopic (exact) mass is 490 g/mol. The number of carbonyl (C=O) groups is 2. The lowest BCUT2D eigenvalue weighted by Crippen LogP contribution is -2.29. The van der Waals surface area contributed by atoms with Crippen LogP contribution in [0.3, 0.4) is 0 Å². The molecule has 0 aliphatic carbocycles. The lowest BCUT2D eigenvalue weighted by Gasteiger charge is -2.21. The first-order chi connectivity index (χ1) is 15.5. The molecule has 2 aromatic heterocycles. The van der Waals surface area contributed by atoms with E-state index in [9.17, 15) is 9.59 Å². The lowest BCUT2D eigenvalue weighted by atomic mass is 10.1. The van der Waals surface area contributed by atoms with Gasteiger partial charge < -0.3 is 9.47 Å². The van der Waals surface area contributed by atoms with Gasteiger partial charge in [-0.25, -0.2) is 14.6 Å². The van der Waals surface area contributed by atoms with E-state index < -0.39 is 11.8 Å². The quantitative estimate of drug-likeness (QED) is 0.393. The molecule has 4 heterocycles. The number of anilines is 1. The van der Waals surface area contributed by atoms with Crippen molar-refractivity contribution in [3.8, 4) is 17.2 Å². The molecule has 2 amide bonds. The second-order valence-corrected chi connectivity index (χ2v) is 8.41. The van der Waals surface area contributed by atoms with Crippen LogP contribution in [0.4, 0.5) is 5.69 Å². The Kier molecular flexibility index (Phi) is 4.09. The summed E-state index contributed by atoms with van der Waals surface area (Å²) in [6, 6.07) is 12.7. The van der Waals surface area contributed by atoms with Crippen molar-refractivity contribution in [2.75, 3.05) is 18.1 Å². The van der Waals surface area contributed by atoms with Gasteiger partial charge in [0.2, 0.25) is 0 Å². The molecule has 0 saturated carbocycles. The van der Waals surface area contributed by atoms with Crippen molar-refractivity contribution in [1.82, 2.24) is 14.8 Å². The molecule has 6 rings (SSSR count). The molecule has 4 aromatic rings. The minimum Gasteiger partial charge on any atom is -0.486 e. The van der Waals surface area contributed by atoms with E-state index >= 15 is 0 Å². The number of halogens is 1. The summed E-state index contributed by atoms with van der Waals surface area (Å²) in [7, 11) is 0. The third-order valence-electron chi connectivity index (χ3n) is 5.58. The van der Waals surface area contributed by atoms with Gasteiger partial charge in [0.05, 0.1) is 33.6 Å². The SMILES string of the molecule is Cc1nn(-c2ccc(Br)cc2)c2ncc3c(c12)C(=O)N(c1ccc2c(c1)OCCO2)C3=O. The van der Waals surface area contributed by atoms with E-state index in [4.69, 9.17) is 9.47 Å². The van der Waals surface area contributed by atoms with Crippen LogP contribution in [-0.4, -0.2) is 39.8 Å². The van der Waals surface area contributed by atoms with E-state index in [2.05, 4.69) is 26.0 Å². The van der Waals surface area contributed by atoms with Crippen molar-refractivity contribution in [1.29, 1.82) is 0 Å². The van der Waals surface area contributed by atoms with Crippen LogP contribution >= 0.6 is 15.9 Å². The molecule has 0 saturated heterocycles. The minimum absolute atomic E-state index is 0.260. The number of ether oxygens (including phenoxy) is 2. The topological polar surface area (TPSA) is 86.6 Å². The Balaban J connectivity index is 1.49. The summed E-state index contributed by atoms with van der Waals surface area (Å²) in [4.78, 5) is 32.4. The number of carbonyl (C=O) groups excluding carboxylic acids is 2. The van der Waals surface area contributed by atoms with Gasteiger partial charge in [-0.15, -0.1) is 0 Å². The molecule has 0 atom stereocenters. The van der Waals surface area contributed by atoms with E-state index in [-0.39, 0.29) is 5.56 Å². The zero-order chi connectivity index (χ0) is 22.0.